The van der Waals surface area contributed by atoms with Crippen LogP contribution in [0.15, 0.2) is 29.3 Å². The maximum atomic E-state index is 5.63. The summed E-state index contributed by atoms with van der Waals surface area (Å²) in [5.74, 6) is 1.77. The minimum absolute atomic E-state index is 0. The van der Waals surface area contributed by atoms with Crippen molar-refractivity contribution in [2.45, 2.75) is 52.9 Å². The van der Waals surface area contributed by atoms with Crippen LogP contribution >= 0.6 is 24.0 Å². The van der Waals surface area contributed by atoms with Crippen LogP contribution in [0.1, 0.15) is 44.7 Å². The lowest BCUT2D eigenvalue weighted by Crippen LogP contribution is -2.45. The summed E-state index contributed by atoms with van der Waals surface area (Å²) in [6, 6.07) is 8.62. The zero-order valence-electron chi connectivity index (χ0n) is 15.4. The lowest BCUT2D eigenvalue weighted by atomic mass is 10.0. The average Bonchev–Trinajstić information content (AvgIpc) is 2.54. The molecule has 0 amide bonds. The van der Waals surface area contributed by atoms with Gasteiger partial charge in [0.15, 0.2) is 5.96 Å². The monoisotopic (exact) mass is 445 g/mol. The van der Waals surface area contributed by atoms with Gasteiger partial charge in [0, 0.05) is 26.7 Å². The lowest BCUT2D eigenvalue weighted by Gasteiger charge is -2.33. The van der Waals surface area contributed by atoms with Gasteiger partial charge in [0.05, 0.1) is 12.7 Å². The summed E-state index contributed by atoms with van der Waals surface area (Å²) >= 11 is 0. The van der Waals surface area contributed by atoms with E-state index in [-0.39, 0.29) is 30.1 Å². The molecule has 136 valence electrons. The number of piperidine rings is 1. The number of rotatable bonds is 5. The van der Waals surface area contributed by atoms with Crippen LogP contribution in [0, 0.1) is 5.92 Å². The van der Waals surface area contributed by atoms with E-state index >= 15 is 0 Å². The molecule has 0 aromatic heterocycles. The maximum absolute atomic E-state index is 5.63. The first-order valence-corrected chi connectivity index (χ1v) is 8.73. The molecule has 1 heterocycles. The Morgan fingerprint density at radius 3 is 2.54 bits per heavy atom. The Bertz CT molecular complexity index is 502. The summed E-state index contributed by atoms with van der Waals surface area (Å²) in [5.41, 5.74) is 2.49. The summed E-state index contributed by atoms with van der Waals surface area (Å²) in [6.07, 6.45) is 2.85. The molecule has 1 aromatic rings. The molecule has 0 saturated carbocycles. The number of hydrogen-bond acceptors (Lipinski definition) is 2. The molecule has 1 fully saturated rings. The van der Waals surface area contributed by atoms with Crippen LogP contribution in [0.5, 0.6) is 0 Å². The van der Waals surface area contributed by atoms with Gasteiger partial charge < -0.3 is 15.0 Å². The first-order chi connectivity index (χ1) is 11.1. The highest BCUT2D eigenvalue weighted by molar-refractivity contribution is 14.0. The number of aliphatic imine (C=N–C) groups is 1. The second-order valence-corrected chi connectivity index (χ2v) is 6.77. The summed E-state index contributed by atoms with van der Waals surface area (Å²) in [4.78, 5) is 6.81. The molecule has 1 unspecified atom stereocenters. The van der Waals surface area contributed by atoms with Gasteiger partial charge in [-0.05, 0) is 43.7 Å². The lowest BCUT2D eigenvalue weighted by molar-refractivity contribution is 0.0657. The summed E-state index contributed by atoms with van der Waals surface area (Å²) in [6.45, 7) is 10.1. The zero-order valence-corrected chi connectivity index (χ0v) is 17.7. The molecule has 5 heteroatoms. The molecule has 1 saturated heterocycles. The highest BCUT2D eigenvalue weighted by Gasteiger charge is 2.18. The Balaban J connectivity index is 0.00000288. The maximum Gasteiger partial charge on any atom is 0.193 e. The number of benzene rings is 1. The number of halogens is 1. The van der Waals surface area contributed by atoms with E-state index in [2.05, 4.69) is 60.2 Å². The Kier molecular flexibility index (Phi) is 9.66. The largest absolute Gasteiger partial charge is 0.374 e. The fourth-order valence-electron chi connectivity index (χ4n) is 2.91. The SMILES string of the molecule is CN=C(NCc1ccc(COC(C)C)cc1)N1CCCC(C)C1.I. The molecule has 1 aliphatic rings. The summed E-state index contributed by atoms with van der Waals surface area (Å²) in [5, 5.41) is 3.49. The fraction of sp³-hybridized carbons (Fsp3) is 0.632. The van der Waals surface area contributed by atoms with Crippen molar-refractivity contribution in [1.29, 1.82) is 0 Å². The van der Waals surface area contributed by atoms with E-state index in [9.17, 15) is 0 Å². The van der Waals surface area contributed by atoms with Crippen molar-refractivity contribution >= 4 is 29.9 Å². The molecule has 0 aliphatic carbocycles. The minimum Gasteiger partial charge on any atom is -0.374 e. The fourth-order valence-corrected chi connectivity index (χ4v) is 2.91. The number of ether oxygens (including phenoxy) is 1. The van der Waals surface area contributed by atoms with Gasteiger partial charge in [-0.2, -0.15) is 0 Å². The Morgan fingerprint density at radius 1 is 1.29 bits per heavy atom. The van der Waals surface area contributed by atoms with Crippen molar-refractivity contribution in [1.82, 2.24) is 10.2 Å². The molecule has 1 atom stereocenters. The van der Waals surface area contributed by atoms with Crippen molar-refractivity contribution in [2.24, 2.45) is 10.9 Å². The van der Waals surface area contributed by atoms with E-state index in [1.54, 1.807) is 0 Å². The van der Waals surface area contributed by atoms with Crippen LogP contribution < -0.4 is 5.32 Å². The van der Waals surface area contributed by atoms with Crippen LogP contribution in [0.25, 0.3) is 0 Å². The Morgan fingerprint density at radius 2 is 1.96 bits per heavy atom. The molecular formula is C19H32IN3O. The molecular weight excluding hydrogens is 413 g/mol. The van der Waals surface area contributed by atoms with Crippen LogP contribution in [-0.4, -0.2) is 37.1 Å². The number of nitrogens with one attached hydrogen (secondary N) is 1. The van der Waals surface area contributed by atoms with Gasteiger partial charge >= 0.3 is 0 Å². The van der Waals surface area contributed by atoms with Gasteiger partial charge in [0.1, 0.15) is 0 Å². The van der Waals surface area contributed by atoms with Gasteiger partial charge in [-0.1, -0.05) is 31.2 Å². The van der Waals surface area contributed by atoms with Gasteiger partial charge in [-0.15, -0.1) is 24.0 Å². The molecule has 4 nitrogen and oxygen atoms in total. The third-order valence-corrected chi connectivity index (χ3v) is 4.23. The molecule has 0 bridgehead atoms. The third-order valence-electron chi connectivity index (χ3n) is 4.23. The topological polar surface area (TPSA) is 36.9 Å². The van der Waals surface area contributed by atoms with E-state index in [0.29, 0.717) is 6.61 Å². The van der Waals surface area contributed by atoms with E-state index in [1.165, 1.54) is 24.0 Å². The number of likely N-dealkylation sites (tertiary alicyclic amines) is 1. The van der Waals surface area contributed by atoms with Gasteiger partial charge in [-0.25, -0.2) is 0 Å². The number of hydrogen-bond donors (Lipinski definition) is 1. The predicted octanol–water partition coefficient (Wildman–Crippen LogP) is 4.04. The molecule has 1 aliphatic heterocycles. The van der Waals surface area contributed by atoms with E-state index < -0.39 is 0 Å². The van der Waals surface area contributed by atoms with Crippen molar-refractivity contribution in [3.05, 3.63) is 35.4 Å². The summed E-state index contributed by atoms with van der Waals surface area (Å²) in [7, 11) is 1.87. The van der Waals surface area contributed by atoms with Crippen LogP contribution in [0.3, 0.4) is 0 Å². The third kappa shape index (κ3) is 6.97. The van der Waals surface area contributed by atoms with Crippen LogP contribution in [0.2, 0.25) is 0 Å². The quantitative estimate of drug-likeness (QED) is 0.423. The second kappa shape index (κ2) is 10.9. The molecule has 0 spiro atoms. The molecule has 0 radical (unpaired) electrons. The van der Waals surface area contributed by atoms with E-state index in [1.807, 2.05) is 7.05 Å². The van der Waals surface area contributed by atoms with Gasteiger partial charge in [0.25, 0.3) is 0 Å². The van der Waals surface area contributed by atoms with Crippen LogP contribution in [0.4, 0.5) is 0 Å². The van der Waals surface area contributed by atoms with Gasteiger partial charge in [0.2, 0.25) is 0 Å². The first-order valence-electron chi connectivity index (χ1n) is 8.73. The van der Waals surface area contributed by atoms with Gasteiger partial charge in [-0.3, -0.25) is 4.99 Å². The van der Waals surface area contributed by atoms with Crippen molar-refractivity contribution in [3.63, 3.8) is 0 Å². The molecule has 24 heavy (non-hydrogen) atoms. The van der Waals surface area contributed by atoms with Crippen molar-refractivity contribution < 1.29 is 4.74 Å². The standard InChI is InChI=1S/C19H31N3O.HI/c1-15(2)23-14-18-9-7-17(8-10-18)12-21-19(20-4)22-11-5-6-16(3)13-22;/h7-10,15-16H,5-6,11-14H2,1-4H3,(H,20,21);1H. The van der Waals surface area contributed by atoms with Crippen LogP contribution in [-0.2, 0) is 17.9 Å². The Hall–Kier alpha value is -0.820. The van der Waals surface area contributed by atoms with Crippen molar-refractivity contribution in [2.75, 3.05) is 20.1 Å². The second-order valence-electron chi connectivity index (χ2n) is 6.77. The molecule has 1 N–H and O–H groups in total. The molecule has 1 aromatic carbocycles. The first kappa shape index (κ1) is 21.2. The van der Waals surface area contributed by atoms with E-state index in [4.69, 9.17) is 4.74 Å². The number of guanidine groups is 1. The average molecular weight is 445 g/mol. The highest BCUT2D eigenvalue weighted by Crippen LogP contribution is 2.15. The molecule has 2 rings (SSSR count). The normalized spacial score (nSPS) is 18.5. The Labute approximate surface area is 164 Å². The van der Waals surface area contributed by atoms with Crippen molar-refractivity contribution in [3.8, 4) is 0 Å². The number of nitrogens with zero attached hydrogens (tertiary/aromatic N) is 2. The highest BCUT2D eigenvalue weighted by atomic mass is 127. The smallest absolute Gasteiger partial charge is 0.193 e. The predicted molar refractivity (Wildman–Crippen MR) is 112 cm³/mol. The van der Waals surface area contributed by atoms with E-state index in [0.717, 1.165) is 31.5 Å². The minimum atomic E-state index is 0. The summed E-state index contributed by atoms with van der Waals surface area (Å²) < 4.78 is 5.63. The zero-order chi connectivity index (χ0) is 16.7.